The minimum Gasteiger partial charge on any atom is -0.504 e. The first-order valence-electron chi connectivity index (χ1n) is 4.78. The van der Waals surface area contributed by atoms with Crippen molar-refractivity contribution in [2.24, 2.45) is 5.41 Å². The van der Waals surface area contributed by atoms with Crippen LogP contribution in [0.5, 0.6) is 11.5 Å². The van der Waals surface area contributed by atoms with Gasteiger partial charge in [0, 0.05) is 0 Å². The van der Waals surface area contributed by atoms with E-state index in [1.54, 1.807) is 12.1 Å². The van der Waals surface area contributed by atoms with Gasteiger partial charge in [-0.1, -0.05) is 12.1 Å². The van der Waals surface area contributed by atoms with Gasteiger partial charge >= 0.3 is 5.97 Å². The molecule has 4 nitrogen and oxygen atoms in total. The third-order valence-electron chi connectivity index (χ3n) is 2.93. The first kappa shape index (κ1) is 9.83. The zero-order chi connectivity index (χ0) is 11.1. The summed E-state index contributed by atoms with van der Waals surface area (Å²) in [7, 11) is 0. The van der Waals surface area contributed by atoms with Gasteiger partial charge in [-0.2, -0.15) is 0 Å². The second-order valence-corrected chi connectivity index (χ2v) is 4.05. The van der Waals surface area contributed by atoms with Crippen LogP contribution in [0.2, 0.25) is 0 Å². The van der Waals surface area contributed by atoms with Crippen molar-refractivity contribution in [2.75, 3.05) is 0 Å². The summed E-state index contributed by atoms with van der Waals surface area (Å²) in [5.74, 6) is -1.23. The molecule has 0 atom stereocenters. The van der Waals surface area contributed by atoms with Crippen LogP contribution < -0.4 is 0 Å². The molecule has 0 saturated heterocycles. The number of phenolic OH excluding ortho intramolecular Hbond substituents is 2. The lowest BCUT2D eigenvalue weighted by molar-refractivity contribution is -0.143. The number of carbonyl (C=O) groups is 1. The molecule has 0 aromatic heterocycles. The molecule has 1 aromatic rings. The van der Waals surface area contributed by atoms with Crippen molar-refractivity contribution in [3.8, 4) is 11.5 Å². The van der Waals surface area contributed by atoms with Gasteiger partial charge < -0.3 is 15.3 Å². The predicted octanol–water partition coefficient (Wildman–Crippen LogP) is 1.51. The Labute approximate surface area is 86.8 Å². The van der Waals surface area contributed by atoms with Crippen molar-refractivity contribution >= 4 is 5.97 Å². The minimum absolute atomic E-state index is 0.200. The zero-order valence-electron chi connectivity index (χ0n) is 8.10. The van der Waals surface area contributed by atoms with Crippen molar-refractivity contribution in [3.63, 3.8) is 0 Å². The fourth-order valence-corrected chi connectivity index (χ4v) is 1.70. The van der Waals surface area contributed by atoms with Crippen molar-refractivity contribution in [1.29, 1.82) is 0 Å². The Balaban J connectivity index is 2.25. The van der Waals surface area contributed by atoms with Gasteiger partial charge in [-0.25, -0.2) is 0 Å². The zero-order valence-corrected chi connectivity index (χ0v) is 8.10. The van der Waals surface area contributed by atoms with Gasteiger partial charge in [-0.15, -0.1) is 0 Å². The Kier molecular flexibility index (Phi) is 2.07. The fraction of sp³-hybridized carbons (Fsp3) is 0.364. The summed E-state index contributed by atoms with van der Waals surface area (Å²) in [6.07, 6.45) is 1.55. The second-order valence-electron chi connectivity index (χ2n) is 4.05. The monoisotopic (exact) mass is 208 g/mol. The summed E-state index contributed by atoms with van der Waals surface area (Å²) in [6.45, 7) is 0. The Hall–Kier alpha value is -1.71. The molecular formula is C11H12O4. The highest BCUT2D eigenvalue weighted by Gasteiger charge is 2.50. The lowest BCUT2D eigenvalue weighted by Gasteiger charge is -2.11. The van der Waals surface area contributed by atoms with Crippen LogP contribution in [-0.4, -0.2) is 21.3 Å². The Morgan fingerprint density at radius 3 is 2.53 bits per heavy atom. The maximum absolute atomic E-state index is 10.9. The van der Waals surface area contributed by atoms with Gasteiger partial charge in [0.2, 0.25) is 0 Å². The molecule has 1 aliphatic rings. The van der Waals surface area contributed by atoms with Crippen LogP contribution in [0.1, 0.15) is 18.4 Å². The fourth-order valence-electron chi connectivity index (χ4n) is 1.70. The quantitative estimate of drug-likeness (QED) is 0.658. The number of aliphatic carboxylic acids is 1. The molecule has 0 heterocycles. The largest absolute Gasteiger partial charge is 0.504 e. The van der Waals surface area contributed by atoms with Crippen LogP contribution in [0.4, 0.5) is 0 Å². The van der Waals surface area contributed by atoms with Crippen LogP contribution >= 0.6 is 0 Å². The van der Waals surface area contributed by atoms with E-state index in [0.717, 1.165) is 0 Å². The highest BCUT2D eigenvalue weighted by atomic mass is 16.4. The smallest absolute Gasteiger partial charge is 0.309 e. The van der Waals surface area contributed by atoms with E-state index in [9.17, 15) is 15.0 Å². The van der Waals surface area contributed by atoms with E-state index in [2.05, 4.69) is 0 Å². The summed E-state index contributed by atoms with van der Waals surface area (Å²) in [4.78, 5) is 10.9. The normalized spacial score (nSPS) is 17.3. The second kappa shape index (κ2) is 3.15. The summed E-state index contributed by atoms with van der Waals surface area (Å²) < 4.78 is 0. The third kappa shape index (κ3) is 1.63. The van der Waals surface area contributed by atoms with Crippen LogP contribution in [0, 0.1) is 5.41 Å². The van der Waals surface area contributed by atoms with E-state index in [1.807, 2.05) is 0 Å². The topological polar surface area (TPSA) is 77.8 Å². The number of rotatable bonds is 3. The number of benzene rings is 1. The molecule has 0 aliphatic heterocycles. The highest BCUT2D eigenvalue weighted by molar-refractivity contribution is 5.78. The summed E-state index contributed by atoms with van der Waals surface area (Å²) in [5.41, 5.74) is -0.222. The minimum atomic E-state index is -0.828. The van der Waals surface area contributed by atoms with E-state index in [-0.39, 0.29) is 17.9 Å². The van der Waals surface area contributed by atoms with Gasteiger partial charge in [-0.05, 0) is 30.9 Å². The Morgan fingerprint density at radius 1 is 1.33 bits per heavy atom. The number of para-hydroxylation sites is 1. The highest BCUT2D eigenvalue weighted by Crippen LogP contribution is 2.50. The lowest BCUT2D eigenvalue weighted by Crippen LogP contribution is -2.17. The van der Waals surface area contributed by atoms with Crippen molar-refractivity contribution in [2.45, 2.75) is 19.3 Å². The van der Waals surface area contributed by atoms with Crippen molar-refractivity contribution in [1.82, 2.24) is 0 Å². The average Bonchev–Trinajstić information content (AvgIpc) is 2.94. The summed E-state index contributed by atoms with van der Waals surface area (Å²) >= 11 is 0. The molecule has 1 aromatic carbocycles. The summed E-state index contributed by atoms with van der Waals surface area (Å²) in [5, 5.41) is 27.8. The summed E-state index contributed by atoms with van der Waals surface area (Å²) in [6, 6.07) is 4.61. The Bertz CT molecular complexity index is 407. The van der Waals surface area contributed by atoms with E-state index in [0.29, 0.717) is 18.4 Å². The van der Waals surface area contributed by atoms with Gasteiger partial charge in [0.25, 0.3) is 0 Å². The molecule has 0 spiro atoms. The molecule has 1 saturated carbocycles. The molecule has 0 radical (unpaired) electrons. The number of hydrogen-bond acceptors (Lipinski definition) is 3. The average molecular weight is 208 g/mol. The van der Waals surface area contributed by atoms with Gasteiger partial charge in [-0.3, -0.25) is 4.79 Å². The van der Waals surface area contributed by atoms with Crippen LogP contribution in [0.3, 0.4) is 0 Å². The van der Waals surface area contributed by atoms with E-state index >= 15 is 0 Å². The van der Waals surface area contributed by atoms with E-state index < -0.39 is 11.4 Å². The van der Waals surface area contributed by atoms with Crippen LogP contribution in [0.25, 0.3) is 0 Å². The maximum Gasteiger partial charge on any atom is 0.309 e. The number of hydrogen-bond donors (Lipinski definition) is 3. The van der Waals surface area contributed by atoms with Crippen LogP contribution in [0.15, 0.2) is 18.2 Å². The first-order chi connectivity index (χ1) is 7.05. The molecule has 3 N–H and O–H groups in total. The molecule has 0 amide bonds. The standard InChI is InChI=1S/C11H12O4/c12-8-3-1-2-7(9(8)13)6-11(4-5-11)10(14)15/h1-3,12-13H,4-6H2,(H,14,15). The van der Waals surface area contributed by atoms with Crippen LogP contribution in [-0.2, 0) is 11.2 Å². The van der Waals surface area contributed by atoms with Gasteiger partial charge in [0.1, 0.15) is 0 Å². The third-order valence-corrected chi connectivity index (χ3v) is 2.93. The molecule has 1 fully saturated rings. The molecule has 0 unspecified atom stereocenters. The van der Waals surface area contributed by atoms with Gasteiger partial charge in [0.05, 0.1) is 5.41 Å². The SMILES string of the molecule is O=C(O)C1(Cc2cccc(O)c2O)CC1. The molecule has 80 valence electrons. The van der Waals surface area contributed by atoms with E-state index in [4.69, 9.17) is 5.11 Å². The first-order valence-corrected chi connectivity index (χ1v) is 4.78. The molecule has 2 rings (SSSR count). The number of carboxylic acid groups (broad SMARTS) is 1. The Morgan fingerprint density at radius 2 is 2.00 bits per heavy atom. The molecule has 0 bridgehead atoms. The van der Waals surface area contributed by atoms with Crippen molar-refractivity contribution < 1.29 is 20.1 Å². The number of phenols is 2. The van der Waals surface area contributed by atoms with Gasteiger partial charge in [0.15, 0.2) is 11.5 Å². The molecule has 1 aliphatic carbocycles. The maximum atomic E-state index is 10.9. The molecule has 15 heavy (non-hydrogen) atoms. The number of carboxylic acids is 1. The molecule has 4 heteroatoms. The predicted molar refractivity (Wildman–Crippen MR) is 52.8 cm³/mol. The van der Waals surface area contributed by atoms with Crippen molar-refractivity contribution in [3.05, 3.63) is 23.8 Å². The lowest BCUT2D eigenvalue weighted by atomic mass is 9.96. The molecular weight excluding hydrogens is 196 g/mol. The van der Waals surface area contributed by atoms with E-state index in [1.165, 1.54) is 6.07 Å². The number of aromatic hydroxyl groups is 2.